The highest BCUT2D eigenvalue weighted by atomic mass is 127. The molecule has 0 aliphatic carbocycles. The van der Waals surface area contributed by atoms with E-state index in [-0.39, 0.29) is 61.4 Å². The second-order valence-electron chi connectivity index (χ2n) is 12.0. The fourth-order valence-corrected chi connectivity index (χ4v) is 5.33. The number of halogens is 3. The standard InChI is InChI=1S/C31H38F2IN4O9.Al/c1-15(2)13-45-29(42)22(38-30(43)47-31(3,4)5)12-17-11-20(33)24(34)23(25(17)44-6)27(40)37-14-46-28(41)21(35)9-16-7-18(26(36)39)10-19(32)8-16;/h8,10-11,15,21-22,34H,9,12-14,35H2,1-6H3,(H3-,36,37,38,39,40,43);/p+1. The molecule has 0 spiro atoms. The highest BCUT2D eigenvalue weighted by molar-refractivity contribution is 6.37. The van der Waals surface area contributed by atoms with Crippen molar-refractivity contribution in [3.8, 4) is 5.75 Å². The first-order valence-electron chi connectivity index (χ1n) is 14.6. The molecule has 0 bridgehead atoms. The summed E-state index contributed by atoms with van der Waals surface area (Å²) < 4.78 is 50.5. The fraction of sp³-hybridized carbons (Fsp3) is 0.452. The van der Waals surface area contributed by atoms with E-state index in [1.54, 1.807) is 20.8 Å². The Bertz CT molecular complexity index is 1550. The van der Waals surface area contributed by atoms with Crippen molar-refractivity contribution in [3.63, 3.8) is 0 Å². The number of primary amides is 1. The SMILES string of the molecule is COc1c(CC(NC(=O)OC(C)(C)C)C(=O)OCC(C)C)cc(F)c([IH+])c1C(=O)NCOC(=O)C(N)Cc1cc(F)cc(C(N)=O)[c]1[Al]. The molecule has 0 heterocycles. The smallest absolute Gasteiger partial charge is 0.408 e. The Morgan fingerprint density at radius 2 is 1.65 bits per heavy atom. The third kappa shape index (κ3) is 11.9. The molecule has 48 heavy (non-hydrogen) atoms. The molecule has 0 fully saturated rings. The molecule has 13 nitrogen and oxygen atoms in total. The third-order valence-corrected chi connectivity index (χ3v) is 8.16. The summed E-state index contributed by atoms with van der Waals surface area (Å²) in [6.45, 7) is 7.93. The van der Waals surface area contributed by atoms with E-state index >= 15 is 4.39 Å². The lowest BCUT2D eigenvalue weighted by molar-refractivity contribution is -0.334. The van der Waals surface area contributed by atoms with Gasteiger partial charge in [0.15, 0.2) is 28.8 Å². The normalized spacial score (nSPS) is 12.5. The van der Waals surface area contributed by atoms with Gasteiger partial charge in [-0.15, -0.1) is 4.43 Å². The van der Waals surface area contributed by atoms with Gasteiger partial charge in [-0.1, -0.05) is 19.4 Å². The van der Waals surface area contributed by atoms with Crippen molar-refractivity contribution in [2.24, 2.45) is 17.4 Å². The zero-order valence-corrected chi connectivity index (χ0v) is 30.8. The van der Waals surface area contributed by atoms with Gasteiger partial charge in [-0.2, -0.15) is 0 Å². The van der Waals surface area contributed by atoms with Gasteiger partial charge in [0.25, 0.3) is 5.91 Å². The zero-order valence-electron chi connectivity index (χ0n) is 27.4. The van der Waals surface area contributed by atoms with Crippen LogP contribution in [0.3, 0.4) is 0 Å². The van der Waals surface area contributed by atoms with Crippen LogP contribution >= 0.6 is 0 Å². The molecule has 17 heteroatoms. The molecule has 2 rings (SSSR count). The van der Waals surface area contributed by atoms with Crippen molar-refractivity contribution in [1.82, 2.24) is 10.6 Å². The molecule has 2 aromatic rings. The molecule has 0 aromatic heterocycles. The Kier molecular flexibility index (Phi) is 15.0. The van der Waals surface area contributed by atoms with Gasteiger partial charge in [0.2, 0.25) is 9.48 Å². The monoisotopic (exact) mass is 803 g/mol. The largest absolute Gasteiger partial charge is 0.495 e. The molecule has 2 aromatic carbocycles. The summed E-state index contributed by atoms with van der Waals surface area (Å²) in [5, 5.41) is 4.78. The van der Waals surface area contributed by atoms with Crippen molar-refractivity contribution in [1.29, 1.82) is 0 Å². The number of rotatable bonds is 14. The Balaban J connectivity index is 2.25. The molecule has 2 atom stereocenters. The molecule has 0 saturated heterocycles. The van der Waals surface area contributed by atoms with Gasteiger partial charge in [0.05, 0.1) is 13.7 Å². The maximum atomic E-state index is 15.2. The number of methoxy groups -OCH3 is 1. The van der Waals surface area contributed by atoms with E-state index in [0.717, 1.165) is 18.2 Å². The topological polar surface area (TPSA) is 198 Å². The molecule has 6 N–H and O–H groups in total. The first-order valence-corrected chi connectivity index (χ1v) is 16.3. The molecule has 2 unspecified atom stereocenters. The number of esters is 2. The van der Waals surface area contributed by atoms with Crippen LogP contribution in [0.4, 0.5) is 13.6 Å². The second kappa shape index (κ2) is 17.7. The van der Waals surface area contributed by atoms with Crippen LogP contribution in [0.1, 0.15) is 66.5 Å². The van der Waals surface area contributed by atoms with E-state index in [4.69, 9.17) is 30.4 Å². The molecular formula is C31H39AlF2IN4O9+. The van der Waals surface area contributed by atoms with Crippen molar-refractivity contribution in [2.75, 3.05) is 20.4 Å². The van der Waals surface area contributed by atoms with E-state index in [9.17, 15) is 28.4 Å². The molecule has 0 aliphatic heterocycles. The molecular weight excluding hydrogens is 764 g/mol. The van der Waals surface area contributed by atoms with Crippen LogP contribution in [-0.2, 0) is 36.6 Å². The lowest BCUT2D eigenvalue weighted by Gasteiger charge is -2.24. The quantitative estimate of drug-likeness (QED) is 0.0533. The Labute approximate surface area is 298 Å². The summed E-state index contributed by atoms with van der Waals surface area (Å²) in [4.78, 5) is 63.0. The van der Waals surface area contributed by atoms with Crippen LogP contribution in [-0.4, -0.2) is 84.3 Å². The average molecular weight is 804 g/mol. The van der Waals surface area contributed by atoms with E-state index in [1.807, 2.05) is 13.8 Å². The van der Waals surface area contributed by atoms with Gasteiger partial charge in [0.1, 0.15) is 34.8 Å². The molecule has 0 saturated carbocycles. The summed E-state index contributed by atoms with van der Waals surface area (Å²) in [5.41, 5.74) is 10.2. The van der Waals surface area contributed by atoms with Crippen LogP contribution in [0.2, 0.25) is 0 Å². The Morgan fingerprint density at radius 1 is 1.00 bits per heavy atom. The number of alkyl carbamates (subject to hydrolysis) is 1. The van der Waals surface area contributed by atoms with Crippen molar-refractivity contribution in [2.45, 2.75) is 65.1 Å². The summed E-state index contributed by atoms with van der Waals surface area (Å²) >= 11 is 3.49. The average Bonchev–Trinajstić information content (AvgIpc) is 2.97. The van der Waals surface area contributed by atoms with Crippen LogP contribution < -0.4 is 53.9 Å². The van der Waals surface area contributed by atoms with Crippen LogP contribution in [0.5, 0.6) is 5.75 Å². The Morgan fingerprint density at radius 3 is 2.21 bits per heavy atom. The highest BCUT2D eigenvalue weighted by Gasteiger charge is 2.32. The molecule has 2 radical (unpaired) electrons. The lowest BCUT2D eigenvalue weighted by atomic mass is 10.0. The number of nitrogens with two attached hydrogens (primary N) is 2. The van der Waals surface area contributed by atoms with Crippen LogP contribution in [0.25, 0.3) is 0 Å². The molecule has 0 aliphatic rings. The van der Waals surface area contributed by atoms with E-state index in [2.05, 4.69) is 26.9 Å². The minimum Gasteiger partial charge on any atom is -0.495 e. The van der Waals surface area contributed by atoms with Crippen molar-refractivity contribution in [3.05, 3.63) is 55.7 Å². The fourth-order valence-electron chi connectivity index (χ4n) is 4.21. The minimum atomic E-state index is -1.34. The van der Waals surface area contributed by atoms with Crippen molar-refractivity contribution < 1.29 is 74.3 Å². The zero-order chi connectivity index (χ0) is 36.5. The van der Waals surface area contributed by atoms with Gasteiger partial charge >= 0.3 is 40.6 Å². The first-order chi connectivity index (χ1) is 22.2. The number of ether oxygens (including phenoxy) is 4. The lowest BCUT2D eigenvalue weighted by Crippen LogP contribution is -3.34. The van der Waals surface area contributed by atoms with Gasteiger partial charge in [-0.3, -0.25) is 14.4 Å². The number of benzene rings is 2. The van der Waals surface area contributed by atoms with Gasteiger partial charge in [-0.25, -0.2) is 18.4 Å². The van der Waals surface area contributed by atoms with Gasteiger partial charge < -0.3 is 41.0 Å². The van der Waals surface area contributed by atoms with Crippen LogP contribution in [0, 0.1) is 21.1 Å². The summed E-state index contributed by atoms with van der Waals surface area (Å²) in [7, 11) is 1.23. The summed E-state index contributed by atoms with van der Waals surface area (Å²) in [6, 6.07) is 0.470. The maximum absolute atomic E-state index is 15.2. The minimum absolute atomic E-state index is 0.0130. The molecule has 3 amide bonds. The predicted molar refractivity (Wildman–Crippen MR) is 166 cm³/mol. The number of carbonyl (C=O) groups excluding carboxylic acids is 5. The number of hydrogen-bond acceptors (Lipinski definition) is 10. The number of hydrogen-bond donors (Lipinski definition) is 4. The number of nitrogens with one attached hydrogen (secondary N) is 2. The van der Waals surface area contributed by atoms with Crippen molar-refractivity contribution >= 4 is 50.6 Å². The van der Waals surface area contributed by atoms with E-state index < -0.39 is 65.9 Å². The van der Waals surface area contributed by atoms with Gasteiger partial charge in [-0.05, 0) is 51.3 Å². The van der Waals surface area contributed by atoms with Gasteiger partial charge in [0, 0.05) is 17.5 Å². The number of carbonyl (C=O) groups is 5. The predicted octanol–water partition coefficient (Wildman–Crippen LogP) is -2.24. The summed E-state index contributed by atoms with van der Waals surface area (Å²) in [5.74, 6) is -5.23. The highest BCUT2D eigenvalue weighted by Crippen LogP contribution is 2.27. The third-order valence-electron chi connectivity index (χ3n) is 6.34. The van der Waals surface area contributed by atoms with Crippen LogP contribution in [0.15, 0.2) is 18.2 Å². The molecule has 260 valence electrons. The van der Waals surface area contributed by atoms with E-state index in [0.29, 0.717) is 0 Å². The number of amides is 3. The second-order valence-corrected chi connectivity index (χ2v) is 13.7. The first kappa shape index (κ1) is 40.6. The maximum Gasteiger partial charge on any atom is 0.408 e. The van der Waals surface area contributed by atoms with E-state index in [1.165, 1.54) is 29.7 Å². The summed E-state index contributed by atoms with van der Waals surface area (Å²) in [6.07, 6.45) is -1.47. The Hall–Kier alpha value is -3.53.